The number of nitrogens with one attached hydrogen (secondary N) is 2. The van der Waals surface area contributed by atoms with E-state index in [0.29, 0.717) is 54.7 Å². The molecule has 2 aliphatic heterocycles. The Balaban J connectivity index is 0.000000289. The van der Waals surface area contributed by atoms with E-state index in [0.717, 1.165) is 36.8 Å². The molecule has 2 aromatic carbocycles. The number of likely N-dealkylation sites (tertiary alicyclic amines) is 1. The summed E-state index contributed by atoms with van der Waals surface area (Å²) >= 11 is 12.7. The van der Waals surface area contributed by atoms with Crippen molar-refractivity contribution in [2.75, 3.05) is 56.6 Å². The van der Waals surface area contributed by atoms with Crippen LogP contribution in [-0.2, 0) is 36.8 Å². The van der Waals surface area contributed by atoms with E-state index in [9.17, 15) is 24.4 Å². The van der Waals surface area contributed by atoms with Crippen LogP contribution in [-0.4, -0.2) is 119 Å². The Kier molecular flexibility index (Phi) is 19.6. The number of nitrogen functional groups attached to an aromatic ring is 1. The number of aromatic nitrogens is 2. The average Bonchev–Trinajstić information content (AvgIpc) is 3.55. The molecule has 5 rings (SSSR count). The zero-order chi connectivity index (χ0) is 48.6. The predicted molar refractivity (Wildman–Crippen MR) is 253 cm³/mol. The molecule has 0 radical (unpaired) electrons. The van der Waals surface area contributed by atoms with E-state index in [1.165, 1.54) is 0 Å². The van der Waals surface area contributed by atoms with Gasteiger partial charge in [0.15, 0.2) is 11.5 Å². The van der Waals surface area contributed by atoms with Gasteiger partial charge in [0.2, 0.25) is 18.1 Å². The van der Waals surface area contributed by atoms with Gasteiger partial charge in [0, 0.05) is 54.9 Å². The first-order valence-electron chi connectivity index (χ1n) is 22.1. The summed E-state index contributed by atoms with van der Waals surface area (Å²) in [5, 5.41) is 16.3. The highest BCUT2D eigenvalue weighted by atomic mass is 35.5. The number of hydrogen-bond acceptors (Lipinski definition) is 13. The molecule has 4 N–H and O–H groups in total. The minimum Gasteiger partial charge on any atom is -0.465 e. The molecule has 20 heteroatoms. The normalized spacial score (nSPS) is 16.5. The number of nitriles is 1. The van der Waals surface area contributed by atoms with Crippen LogP contribution in [0.25, 0.3) is 0 Å². The van der Waals surface area contributed by atoms with E-state index in [-0.39, 0.29) is 49.9 Å². The minimum atomic E-state index is -0.600. The van der Waals surface area contributed by atoms with Crippen molar-refractivity contribution in [1.29, 1.82) is 5.26 Å². The van der Waals surface area contributed by atoms with Crippen LogP contribution in [0.2, 0.25) is 10.0 Å². The molecule has 0 saturated carbocycles. The van der Waals surface area contributed by atoms with Crippen molar-refractivity contribution in [3.05, 3.63) is 75.4 Å². The van der Waals surface area contributed by atoms with Crippen LogP contribution in [0.1, 0.15) is 103 Å². The van der Waals surface area contributed by atoms with Crippen LogP contribution >= 0.6 is 23.2 Å². The Labute approximate surface area is 397 Å². The molecule has 1 aromatic heterocycles. The highest BCUT2D eigenvalue weighted by Gasteiger charge is 2.32. The molecule has 3 heterocycles. The minimum absolute atomic E-state index is 0.0951. The van der Waals surface area contributed by atoms with Crippen LogP contribution < -0.4 is 21.3 Å². The number of halogens is 2. The number of anilines is 2. The number of hydrogen-bond donors (Lipinski definition) is 3. The van der Waals surface area contributed by atoms with Gasteiger partial charge in [0.05, 0.1) is 19.8 Å². The topological polar surface area (TPSA) is 219 Å². The maximum Gasteiger partial charge on any atom is 0.407 e. The number of esters is 2. The van der Waals surface area contributed by atoms with Gasteiger partial charge in [-0.3, -0.25) is 9.36 Å². The Hall–Kier alpha value is -5.93. The lowest BCUT2D eigenvalue weighted by Gasteiger charge is -2.38. The summed E-state index contributed by atoms with van der Waals surface area (Å²) < 4.78 is 22.9. The van der Waals surface area contributed by atoms with Gasteiger partial charge in [0.1, 0.15) is 17.7 Å². The number of nitrogens with two attached hydrogens (primary N) is 1. The van der Waals surface area contributed by atoms with Crippen molar-refractivity contribution >= 4 is 65.1 Å². The first kappa shape index (κ1) is 52.7. The third-order valence-corrected chi connectivity index (χ3v) is 10.7. The number of guanidine groups is 1. The Morgan fingerprint density at radius 2 is 1.39 bits per heavy atom. The highest BCUT2D eigenvalue weighted by Crippen LogP contribution is 2.29. The average molecular weight is 956 g/mol. The molecule has 3 aromatic rings. The smallest absolute Gasteiger partial charge is 0.407 e. The zero-order valence-electron chi connectivity index (χ0n) is 39.2. The van der Waals surface area contributed by atoms with E-state index in [1.54, 1.807) is 56.2 Å². The number of carbonyl (C=O) groups is 4. The monoisotopic (exact) mass is 954 g/mol. The highest BCUT2D eigenvalue weighted by molar-refractivity contribution is 6.31. The van der Waals surface area contributed by atoms with Gasteiger partial charge in [-0.1, -0.05) is 59.6 Å². The number of amides is 2. The molecule has 360 valence electrons. The van der Waals surface area contributed by atoms with E-state index >= 15 is 0 Å². The molecule has 2 saturated heterocycles. The van der Waals surface area contributed by atoms with Gasteiger partial charge in [-0.2, -0.15) is 10.2 Å². The number of ether oxygens (including phenoxy) is 4. The van der Waals surface area contributed by atoms with E-state index in [2.05, 4.69) is 20.6 Å². The molecule has 18 nitrogen and oxygen atoms in total. The van der Waals surface area contributed by atoms with Gasteiger partial charge < -0.3 is 50.0 Å². The summed E-state index contributed by atoms with van der Waals surface area (Å²) in [5.74, 6) is -0.0121. The number of rotatable bonds is 12. The summed E-state index contributed by atoms with van der Waals surface area (Å²) in [5.41, 5.74) is 6.80. The van der Waals surface area contributed by atoms with Crippen LogP contribution in [0.4, 0.5) is 21.4 Å². The zero-order valence-corrected chi connectivity index (χ0v) is 40.7. The maximum absolute atomic E-state index is 12.7. The fraction of sp³-hybridized carbons (Fsp3) is 0.543. The fourth-order valence-corrected chi connectivity index (χ4v) is 7.73. The Bertz CT molecular complexity index is 2200. The molecule has 2 amide bonds. The lowest BCUT2D eigenvalue weighted by Crippen LogP contribution is -2.54. The van der Waals surface area contributed by atoms with Crippen molar-refractivity contribution in [2.24, 2.45) is 4.99 Å². The van der Waals surface area contributed by atoms with Crippen molar-refractivity contribution in [2.45, 2.75) is 117 Å². The van der Waals surface area contributed by atoms with Crippen LogP contribution in [0.15, 0.2) is 53.5 Å². The Morgan fingerprint density at radius 1 is 0.848 bits per heavy atom. The number of piperidine rings is 2. The molecule has 2 atom stereocenters. The van der Waals surface area contributed by atoms with Gasteiger partial charge in [-0.15, -0.1) is 4.99 Å². The molecule has 0 unspecified atom stereocenters. The van der Waals surface area contributed by atoms with Crippen molar-refractivity contribution < 1.29 is 38.1 Å². The van der Waals surface area contributed by atoms with Gasteiger partial charge in [-0.25, -0.2) is 14.4 Å². The van der Waals surface area contributed by atoms with Gasteiger partial charge >= 0.3 is 24.1 Å². The van der Waals surface area contributed by atoms with Crippen molar-refractivity contribution in [1.82, 2.24) is 30.0 Å². The third kappa shape index (κ3) is 16.5. The van der Waals surface area contributed by atoms with Gasteiger partial charge in [0.25, 0.3) is 0 Å². The molecule has 0 aliphatic carbocycles. The van der Waals surface area contributed by atoms with Gasteiger partial charge in [-0.05, 0) is 104 Å². The molecule has 66 heavy (non-hydrogen) atoms. The second-order valence-corrected chi connectivity index (χ2v) is 18.5. The SMILES string of the molecule is CCOC(=O)CN(Cc1ccccc1Cl)C(=NC#N)N1CCC[C@@H](NC(=O)OC(C)(C)C)C1.CCOC(=O)c1c(N)nc(N2CCC[C@@H](NC(=O)OC(C)(C)C)C2)n1Cc1ccccc1Cl. The standard InChI is InChI=1S/2C23H32ClN5O4/c1-5-32-20(30)18-19(25)27-21(29(18)13-15-9-6-7-11-17(15)24)28-12-8-10-16(14-28)26-22(31)33-23(2,3)4;1-5-32-20(30)15-29(13-17-9-6-7-11-19(17)24)21(26-16-25)28-12-8-10-18(14-28)27-22(31)33-23(2,3)4/h6-7,9,11,16H,5,8,10,12-14,25H2,1-4H3,(H,26,31);6-7,9,11,18H,5,8,10,12-15H2,1-4H3,(H,27,31)/t16-;18-/m11/s1. The third-order valence-electron chi connectivity index (χ3n) is 9.96. The number of carbonyl (C=O) groups excluding carboxylic acids is 4. The quantitative estimate of drug-likeness (QED) is 0.0531. The van der Waals surface area contributed by atoms with E-state index in [4.69, 9.17) is 47.9 Å². The van der Waals surface area contributed by atoms with E-state index < -0.39 is 35.3 Å². The summed E-state index contributed by atoms with van der Waals surface area (Å²) in [7, 11) is 0. The summed E-state index contributed by atoms with van der Waals surface area (Å²) in [4.78, 5) is 63.7. The second-order valence-electron chi connectivity index (χ2n) is 17.7. The van der Waals surface area contributed by atoms with Crippen LogP contribution in [0.3, 0.4) is 0 Å². The first-order chi connectivity index (χ1) is 31.2. The number of benzene rings is 2. The number of imidazole rings is 1. The van der Waals surface area contributed by atoms with Crippen molar-refractivity contribution in [3.8, 4) is 6.19 Å². The number of alkyl carbamates (subject to hydrolysis) is 2. The molecule has 0 bridgehead atoms. The van der Waals surface area contributed by atoms with Crippen molar-refractivity contribution in [3.63, 3.8) is 0 Å². The Morgan fingerprint density at radius 3 is 1.94 bits per heavy atom. The molecular formula is C46H64Cl2N10O8. The fourth-order valence-electron chi connectivity index (χ4n) is 7.34. The maximum atomic E-state index is 12.7. The first-order valence-corrected chi connectivity index (χ1v) is 22.8. The lowest BCUT2D eigenvalue weighted by atomic mass is 10.1. The summed E-state index contributed by atoms with van der Waals surface area (Å²) in [6.45, 7) is 17.5. The predicted octanol–water partition coefficient (Wildman–Crippen LogP) is 7.37. The molecular weight excluding hydrogens is 891 g/mol. The van der Waals surface area contributed by atoms with Crippen LogP contribution in [0, 0.1) is 11.5 Å². The largest absolute Gasteiger partial charge is 0.465 e. The molecule has 2 fully saturated rings. The second kappa shape index (κ2) is 24.6. The number of nitrogens with zero attached hydrogens (tertiary/aromatic N) is 7. The van der Waals surface area contributed by atoms with Crippen LogP contribution in [0.5, 0.6) is 0 Å². The lowest BCUT2D eigenvalue weighted by molar-refractivity contribution is -0.143. The summed E-state index contributed by atoms with van der Waals surface area (Å²) in [6, 6.07) is 14.4. The summed E-state index contributed by atoms with van der Waals surface area (Å²) in [6.07, 6.45) is 4.06. The number of aliphatic imine (C=N–C) groups is 1. The van der Waals surface area contributed by atoms with E-state index in [1.807, 2.05) is 73.2 Å². The molecule has 2 aliphatic rings. The molecule has 0 spiro atoms.